The van der Waals surface area contributed by atoms with Crippen LogP contribution in [-0.2, 0) is 0 Å². The Hall–Kier alpha value is -3.08. The Morgan fingerprint density at radius 2 is 1.82 bits per heavy atom. The standard InChI is InChI=1S/C23H25N3O2/c1-16-9-11-17(12-10-16)24-19-15-20(23(27)26-13-4-3-5-14-26)25-22-18(19)7-6-8-21(22)28-2/h6-12,15H,3-5,13-14H2,1-2H3,(H,24,25). The molecule has 0 unspecified atom stereocenters. The molecule has 144 valence electrons. The van der Waals surface area contributed by atoms with Crippen LogP contribution in [0, 0.1) is 6.92 Å². The molecular formula is C23H25N3O2. The van der Waals surface area contributed by atoms with E-state index < -0.39 is 0 Å². The Morgan fingerprint density at radius 3 is 2.54 bits per heavy atom. The molecule has 2 aromatic carbocycles. The van der Waals surface area contributed by atoms with Gasteiger partial charge in [-0.2, -0.15) is 0 Å². The van der Waals surface area contributed by atoms with Crippen LogP contribution < -0.4 is 10.1 Å². The van der Waals surface area contributed by atoms with Gasteiger partial charge < -0.3 is 15.0 Å². The van der Waals surface area contributed by atoms with Gasteiger partial charge in [0.25, 0.3) is 5.91 Å². The average Bonchev–Trinajstić information content (AvgIpc) is 2.75. The number of aromatic nitrogens is 1. The number of nitrogens with zero attached hydrogens (tertiary/aromatic N) is 2. The number of para-hydroxylation sites is 1. The number of fused-ring (bicyclic) bond motifs is 1. The Bertz CT molecular complexity index is 993. The fourth-order valence-corrected chi connectivity index (χ4v) is 3.65. The van der Waals surface area contributed by atoms with Crippen LogP contribution in [0.3, 0.4) is 0 Å². The number of piperidine rings is 1. The molecule has 1 aromatic heterocycles. The number of anilines is 2. The lowest BCUT2D eigenvalue weighted by molar-refractivity contribution is 0.0719. The number of benzene rings is 2. The summed E-state index contributed by atoms with van der Waals surface area (Å²) < 4.78 is 5.51. The second-order valence-corrected chi connectivity index (χ2v) is 7.26. The number of hydrogen-bond donors (Lipinski definition) is 1. The highest BCUT2D eigenvalue weighted by atomic mass is 16.5. The summed E-state index contributed by atoms with van der Waals surface area (Å²) in [4.78, 5) is 19.7. The zero-order valence-corrected chi connectivity index (χ0v) is 16.4. The second kappa shape index (κ2) is 7.89. The van der Waals surface area contributed by atoms with Crippen LogP contribution in [0.4, 0.5) is 11.4 Å². The highest BCUT2D eigenvalue weighted by molar-refractivity contribution is 6.02. The smallest absolute Gasteiger partial charge is 0.272 e. The highest BCUT2D eigenvalue weighted by Gasteiger charge is 2.21. The van der Waals surface area contributed by atoms with Gasteiger partial charge in [0, 0.05) is 24.2 Å². The van der Waals surface area contributed by atoms with E-state index >= 15 is 0 Å². The molecule has 0 bridgehead atoms. The molecule has 1 amide bonds. The number of ether oxygens (including phenoxy) is 1. The first-order valence-electron chi connectivity index (χ1n) is 9.76. The van der Waals surface area contributed by atoms with Crippen LogP contribution in [0.25, 0.3) is 10.9 Å². The fourth-order valence-electron chi connectivity index (χ4n) is 3.65. The molecule has 3 aromatic rings. The van der Waals surface area contributed by atoms with E-state index in [2.05, 4.69) is 29.4 Å². The molecule has 0 saturated carbocycles. The Labute approximate surface area is 165 Å². The Kier molecular flexibility index (Phi) is 5.15. The van der Waals surface area contributed by atoms with Crippen LogP contribution in [0.5, 0.6) is 5.75 Å². The predicted molar refractivity (Wildman–Crippen MR) is 113 cm³/mol. The molecule has 0 spiro atoms. The van der Waals surface area contributed by atoms with Gasteiger partial charge in [-0.1, -0.05) is 29.8 Å². The molecule has 4 rings (SSSR count). The van der Waals surface area contributed by atoms with Gasteiger partial charge in [-0.05, 0) is 50.5 Å². The maximum Gasteiger partial charge on any atom is 0.272 e. The van der Waals surface area contributed by atoms with Crippen molar-refractivity contribution in [2.24, 2.45) is 0 Å². The van der Waals surface area contributed by atoms with Gasteiger partial charge in [-0.3, -0.25) is 4.79 Å². The van der Waals surface area contributed by atoms with Gasteiger partial charge in [0.2, 0.25) is 0 Å². The first-order valence-corrected chi connectivity index (χ1v) is 9.76. The van der Waals surface area contributed by atoms with Gasteiger partial charge in [0.1, 0.15) is 17.0 Å². The van der Waals surface area contributed by atoms with E-state index in [4.69, 9.17) is 4.74 Å². The van der Waals surface area contributed by atoms with Crippen molar-refractivity contribution < 1.29 is 9.53 Å². The van der Waals surface area contributed by atoms with Crippen LogP contribution in [0.15, 0.2) is 48.5 Å². The van der Waals surface area contributed by atoms with E-state index in [-0.39, 0.29) is 5.91 Å². The van der Waals surface area contributed by atoms with Crippen molar-refractivity contribution in [2.75, 3.05) is 25.5 Å². The maximum absolute atomic E-state index is 13.1. The first kappa shape index (κ1) is 18.3. The highest BCUT2D eigenvalue weighted by Crippen LogP contribution is 2.32. The molecule has 0 atom stereocenters. The van der Waals surface area contributed by atoms with Gasteiger partial charge in [-0.15, -0.1) is 0 Å². The van der Waals surface area contributed by atoms with E-state index in [1.165, 1.54) is 12.0 Å². The van der Waals surface area contributed by atoms with Gasteiger partial charge in [-0.25, -0.2) is 4.98 Å². The molecular weight excluding hydrogens is 350 g/mol. The zero-order valence-electron chi connectivity index (χ0n) is 16.4. The van der Waals surface area contributed by atoms with Crippen LogP contribution in [-0.4, -0.2) is 36.0 Å². The number of nitrogens with one attached hydrogen (secondary N) is 1. The van der Waals surface area contributed by atoms with Crippen molar-refractivity contribution in [1.82, 2.24) is 9.88 Å². The molecule has 1 saturated heterocycles. The van der Waals surface area contributed by atoms with Crippen LogP contribution in [0.2, 0.25) is 0 Å². The lowest BCUT2D eigenvalue weighted by Crippen LogP contribution is -2.36. The number of carbonyl (C=O) groups excluding carboxylic acids is 1. The summed E-state index contributed by atoms with van der Waals surface area (Å²) in [6.07, 6.45) is 3.29. The first-order chi connectivity index (χ1) is 13.7. The summed E-state index contributed by atoms with van der Waals surface area (Å²) in [5.41, 5.74) is 4.18. The normalized spacial score (nSPS) is 14.1. The van der Waals surface area contributed by atoms with Crippen molar-refractivity contribution in [2.45, 2.75) is 26.2 Å². The monoisotopic (exact) mass is 375 g/mol. The third kappa shape index (κ3) is 3.65. The minimum atomic E-state index is -0.0144. The molecule has 5 nitrogen and oxygen atoms in total. The second-order valence-electron chi connectivity index (χ2n) is 7.26. The zero-order chi connectivity index (χ0) is 19.5. The number of amides is 1. The minimum absolute atomic E-state index is 0.0144. The number of pyridine rings is 1. The van der Waals surface area contributed by atoms with E-state index in [1.807, 2.05) is 41.3 Å². The number of rotatable bonds is 4. The average molecular weight is 375 g/mol. The van der Waals surface area contributed by atoms with Gasteiger partial charge in [0.15, 0.2) is 0 Å². The third-order valence-corrected chi connectivity index (χ3v) is 5.22. The maximum atomic E-state index is 13.1. The number of likely N-dealkylation sites (tertiary alicyclic amines) is 1. The summed E-state index contributed by atoms with van der Waals surface area (Å²) in [6.45, 7) is 3.66. The molecule has 5 heteroatoms. The Morgan fingerprint density at radius 1 is 1.07 bits per heavy atom. The summed E-state index contributed by atoms with van der Waals surface area (Å²) >= 11 is 0. The number of hydrogen-bond acceptors (Lipinski definition) is 4. The summed E-state index contributed by atoms with van der Waals surface area (Å²) in [5, 5.41) is 4.38. The molecule has 28 heavy (non-hydrogen) atoms. The van der Waals surface area contributed by atoms with E-state index in [0.717, 1.165) is 42.7 Å². The van der Waals surface area contributed by atoms with Crippen molar-refractivity contribution >= 4 is 28.2 Å². The van der Waals surface area contributed by atoms with E-state index in [9.17, 15) is 4.79 Å². The van der Waals surface area contributed by atoms with Crippen LogP contribution >= 0.6 is 0 Å². The minimum Gasteiger partial charge on any atom is -0.494 e. The number of carbonyl (C=O) groups is 1. The topological polar surface area (TPSA) is 54.5 Å². The third-order valence-electron chi connectivity index (χ3n) is 5.22. The van der Waals surface area contributed by atoms with E-state index in [1.54, 1.807) is 7.11 Å². The molecule has 1 N–H and O–H groups in total. The van der Waals surface area contributed by atoms with Gasteiger partial charge in [0.05, 0.1) is 12.8 Å². The van der Waals surface area contributed by atoms with Gasteiger partial charge >= 0.3 is 0 Å². The van der Waals surface area contributed by atoms with Crippen molar-refractivity contribution in [1.29, 1.82) is 0 Å². The summed E-state index contributed by atoms with van der Waals surface area (Å²) in [7, 11) is 1.63. The fraction of sp³-hybridized carbons (Fsp3) is 0.304. The Balaban J connectivity index is 1.79. The molecule has 0 radical (unpaired) electrons. The molecule has 2 heterocycles. The molecule has 0 aliphatic carbocycles. The summed E-state index contributed by atoms with van der Waals surface area (Å²) in [6, 6.07) is 15.9. The predicted octanol–water partition coefficient (Wildman–Crippen LogP) is 4.92. The molecule has 1 aliphatic heterocycles. The summed E-state index contributed by atoms with van der Waals surface area (Å²) in [5.74, 6) is 0.650. The largest absolute Gasteiger partial charge is 0.494 e. The quantitative estimate of drug-likeness (QED) is 0.703. The van der Waals surface area contributed by atoms with Crippen LogP contribution in [0.1, 0.15) is 35.3 Å². The molecule has 1 aliphatic rings. The SMILES string of the molecule is COc1cccc2c(Nc3ccc(C)cc3)cc(C(=O)N3CCCCC3)nc12. The van der Waals surface area contributed by atoms with Crippen molar-refractivity contribution in [3.8, 4) is 5.75 Å². The van der Waals surface area contributed by atoms with Crippen molar-refractivity contribution in [3.63, 3.8) is 0 Å². The van der Waals surface area contributed by atoms with Crippen molar-refractivity contribution in [3.05, 3.63) is 59.8 Å². The lowest BCUT2D eigenvalue weighted by Gasteiger charge is -2.26. The molecule has 1 fully saturated rings. The van der Waals surface area contributed by atoms with E-state index in [0.29, 0.717) is 17.0 Å². The number of aryl methyl sites for hydroxylation is 1. The number of methoxy groups -OCH3 is 1. The lowest BCUT2D eigenvalue weighted by atomic mass is 10.1.